The first kappa shape index (κ1) is 12.2. The fourth-order valence-electron chi connectivity index (χ4n) is 2.33. The van der Waals surface area contributed by atoms with E-state index >= 15 is 0 Å². The van der Waals surface area contributed by atoms with Gasteiger partial charge in [0.05, 0.1) is 18.3 Å². The molecule has 3 aliphatic rings. The molecule has 1 fully saturated rings. The van der Waals surface area contributed by atoms with E-state index in [0.29, 0.717) is 26.1 Å². The highest BCUT2D eigenvalue weighted by molar-refractivity contribution is 5.94. The molecule has 3 heterocycles. The summed E-state index contributed by atoms with van der Waals surface area (Å²) in [5.74, 6) is 0.730. The number of hydrazine groups is 1. The van der Waals surface area contributed by atoms with Crippen LogP contribution < -0.4 is 10.7 Å². The molecule has 0 aromatic carbocycles. The second kappa shape index (κ2) is 4.67. The molecule has 19 heavy (non-hydrogen) atoms. The number of aliphatic imine (C=N–C) groups is 1. The van der Waals surface area contributed by atoms with E-state index in [1.165, 1.54) is 0 Å². The van der Waals surface area contributed by atoms with Crippen molar-refractivity contribution in [2.75, 3.05) is 19.6 Å². The summed E-state index contributed by atoms with van der Waals surface area (Å²) in [5, 5.41) is 14.1. The van der Waals surface area contributed by atoms with E-state index in [1.807, 2.05) is 19.2 Å². The number of aliphatic hydroxyl groups is 1. The second-order valence-corrected chi connectivity index (χ2v) is 4.89. The van der Waals surface area contributed by atoms with Gasteiger partial charge in [0.1, 0.15) is 0 Å². The molecule has 0 aromatic heterocycles. The highest BCUT2D eigenvalue weighted by Gasteiger charge is 2.28. The maximum atomic E-state index is 12.1. The Morgan fingerprint density at radius 3 is 3.21 bits per heavy atom. The summed E-state index contributed by atoms with van der Waals surface area (Å²) < 4.78 is 0. The Hall–Kier alpha value is -1.86. The first-order valence-corrected chi connectivity index (χ1v) is 6.37. The fourth-order valence-corrected chi connectivity index (χ4v) is 2.33. The average Bonchev–Trinajstić information content (AvgIpc) is 2.97. The summed E-state index contributed by atoms with van der Waals surface area (Å²) in [4.78, 5) is 18.1. The summed E-state index contributed by atoms with van der Waals surface area (Å²) in [6, 6.07) is -0.176. The minimum Gasteiger partial charge on any atom is -0.391 e. The number of carbonyl (C=O) groups excluding carboxylic acids is 1. The van der Waals surface area contributed by atoms with Crippen molar-refractivity contribution >= 4 is 11.7 Å². The summed E-state index contributed by atoms with van der Waals surface area (Å²) in [6.45, 7) is 3.44. The zero-order chi connectivity index (χ0) is 13.4. The lowest BCUT2D eigenvalue weighted by Gasteiger charge is -2.19. The van der Waals surface area contributed by atoms with Crippen LogP contribution in [0.5, 0.6) is 0 Å². The summed E-state index contributed by atoms with van der Waals surface area (Å²) in [7, 11) is 0. The van der Waals surface area contributed by atoms with Crippen molar-refractivity contribution < 1.29 is 9.90 Å². The Morgan fingerprint density at radius 1 is 1.63 bits per heavy atom. The lowest BCUT2D eigenvalue weighted by atomic mass is 10.3. The minimum atomic E-state index is -0.403. The topological polar surface area (TPSA) is 80.2 Å². The Labute approximate surface area is 111 Å². The third-order valence-electron chi connectivity index (χ3n) is 3.38. The molecule has 3 N–H and O–H groups in total. The number of amides is 2. The number of urea groups is 1. The number of nitrogens with one attached hydrogen (secondary N) is 2. The van der Waals surface area contributed by atoms with Crippen molar-refractivity contribution in [3.8, 4) is 0 Å². The van der Waals surface area contributed by atoms with Gasteiger partial charge in [0.2, 0.25) is 0 Å². The molecule has 0 spiro atoms. The van der Waals surface area contributed by atoms with E-state index in [9.17, 15) is 9.90 Å². The van der Waals surface area contributed by atoms with Crippen LogP contribution >= 0.6 is 0 Å². The summed E-state index contributed by atoms with van der Waals surface area (Å²) in [5.41, 5.74) is 4.78. The van der Waals surface area contributed by atoms with Gasteiger partial charge in [-0.05, 0) is 19.4 Å². The Bertz CT molecular complexity index is 496. The number of fused-ring (bicyclic) bond motifs is 1. The third-order valence-corrected chi connectivity index (χ3v) is 3.38. The number of hydrogen-bond acceptors (Lipinski definition) is 5. The van der Waals surface area contributed by atoms with Gasteiger partial charge in [-0.2, -0.15) is 0 Å². The number of allylic oxidation sites excluding steroid dienone is 1. The van der Waals surface area contributed by atoms with Gasteiger partial charge in [0.15, 0.2) is 5.82 Å². The Morgan fingerprint density at radius 2 is 2.47 bits per heavy atom. The number of nitrogens with zero attached hydrogens (tertiary/aromatic N) is 3. The number of β-amino-alcohol motifs (C(OH)–C–C–N with tert-alkyl or cyclic N) is 1. The number of aliphatic hydroxyl groups excluding tert-OH is 1. The van der Waals surface area contributed by atoms with Gasteiger partial charge in [-0.25, -0.2) is 15.2 Å². The highest BCUT2D eigenvalue weighted by Crippen LogP contribution is 2.19. The first-order chi connectivity index (χ1) is 9.13. The standard InChI is InChI=1S/C12H17N5O2/c1-8-2-5-17-11(14-8)10(6-13-17)15-12(19)16-4-3-9(18)7-16/h2,5,9,13,18H,3-4,6-7H2,1H3,(H,15,19)/t9-/m0/s1. The smallest absolute Gasteiger partial charge is 0.321 e. The van der Waals surface area contributed by atoms with Crippen LogP contribution in [-0.4, -0.2) is 52.5 Å². The van der Waals surface area contributed by atoms with Crippen molar-refractivity contribution in [1.82, 2.24) is 20.7 Å². The van der Waals surface area contributed by atoms with Gasteiger partial charge in [-0.1, -0.05) is 0 Å². The molecular formula is C12H17N5O2. The van der Waals surface area contributed by atoms with E-state index in [4.69, 9.17) is 0 Å². The van der Waals surface area contributed by atoms with Gasteiger partial charge in [0.25, 0.3) is 0 Å². The SMILES string of the molecule is CC1=NC2=C(NC(=O)N3CC[C@H](O)C3)CNN2C=C1. The number of rotatable bonds is 1. The molecule has 1 atom stereocenters. The van der Waals surface area contributed by atoms with Crippen molar-refractivity contribution in [1.29, 1.82) is 0 Å². The molecule has 2 amide bonds. The van der Waals surface area contributed by atoms with E-state index in [-0.39, 0.29) is 6.03 Å². The van der Waals surface area contributed by atoms with Crippen LogP contribution in [-0.2, 0) is 0 Å². The maximum absolute atomic E-state index is 12.1. The molecule has 7 nitrogen and oxygen atoms in total. The van der Waals surface area contributed by atoms with Crippen LogP contribution in [0.25, 0.3) is 0 Å². The predicted octanol–water partition coefficient (Wildman–Crippen LogP) is -0.260. The molecule has 3 rings (SSSR count). The molecular weight excluding hydrogens is 246 g/mol. The first-order valence-electron chi connectivity index (χ1n) is 6.37. The summed E-state index contributed by atoms with van der Waals surface area (Å²) in [6.07, 6.45) is 4.03. The largest absolute Gasteiger partial charge is 0.391 e. The molecule has 7 heteroatoms. The molecule has 0 unspecified atom stereocenters. The minimum absolute atomic E-state index is 0.176. The van der Waals surface area contributed by atoms with E-state index in [2.05, 4.69) is 15.7 Å². The molecule has 0 radical (unpaired) electrons. The van der Waals surface area contributed by atoms with Gasteiger partial charge < -0.3 is 15.3 Å². The van der Waals surface area contributed by atoms with Gasteiger partial charge in [0, 0.05) is 25.0 Å². The fraction of sp³-hybridized carbons (Fsp3) is 0.500. The van der Waals surface area contributed by atoms with Crippen LogP contribution in [0.1, 0.15) is 13.3 Å². The van der Waals surface area contributed by atoms with Crippen LogP contribution in [0.3, 0.4) is 0 Å². The lowest BCUT2D eigenvalue weighted by molar-refractivity contribution is 0.173. The molecule has 0 aliphatic carbocycles. The van der Waals surface area contributed by atoms with Gasteiger partial charge in [-0.3, -0.25) is 5.01 Å². The molecule has 3 aliphatic heterocycles. The van der Waals surface area contributed by atoms with Crippen molar-refractivity contribution in [2.45, 2.75) is 19.4 Å². The lowest BCUT2D eigenvalue weighted by Crippen LogP contribution is -2.39. The number of hydrogen-bond donors (Lipinski definition) is 3. The second-order valence-electron chi connectivity index (χ2n) is 4.89. The molecule has 102 valence electrons. The van der Waals surface area contributed by atoms with Crippen LogP contribution in [0.2, 0.25) is 0 Å². The van der Waals surface area contributed by atoms with Gasteiger partial charge in [-0.15, -0.1) is 0 Å². The monoisotopic (exact) mass is 263 g/mol. The van der Waals surface area contributed by atoms with Crippen molar-refractivity contribution in [2.24, 2.45) is 4.99 Å². The maximum Gasteiger partial charge on any atom is 0.321 e. The number of likely N-dealkylation sites (tertiary alicyclic amines) is 1. The van der Waals surface area contributed by atoms with Crippen LogP contribution in [0, 0.1) is 0 Å². The van der Waals surface area contributed by atoms with Crippen LogP contribution in [0.4, 0.5) is 4.79 Å². The zero-order valence-corrected chi connectivity index (χ0v) is 10.8. The Kier molecular flexibility index (Phi) is 3.00. The van der Waals surface area contributed by atoms with E-state index < -0.39 is 6.10 Å². The molecule has 0 aromatic rings. The third kappa shape index (κ3) is 2.34. The van der Waals surface area contributed by atoms with E-state index in [0.717, 1.165) is 17.2 Å². The van der Waals surface area contributed by atoms with Crippen LogP contribution in [0.15, 0.2) is 28.8 Å². The molecule has 0 saturated carbocycles. The molecule has 0 bridgehead atoms. The van der Waals surface area contributed by atoms with E-state index in [1.54, 1.807) is 9.91 Å². The van der Waals surface area contributed by atoms with Crippen molar-refractivity contribution in [3.63, 3.8) is 0 Å². The normalized spacial score (nSPS) is 25.8. The van der Waals surface area contributed by atoms with Gasteiger partial charge >= 0.3 is 6.03 Å². The molecule has 1 saturated heterocycles. The zero-order valence-electron chi connectivity index (χ0n) is 10.8. The van der Waals surface area contributed by atoms with Crippen molar-refractivity contribution in [3.05, 3.63) is 23.8 Å². The summed E-state index contributed by atoms with van der Waals surface area (Å²) >= 11 is 0. The quantitative estimate of drug-likeness (QED) is 0.609. The predicted molar refractivity (Wildman–Crippen MR) is 69.8 cm³/mol. The highest BCUT2D eigenvalue weighted by atomic mass is 16.3. The number of carbonyl (C=O) groups is 1. The Balaban J connectivity index is 1.71. The average molecular weight is 263 g/mol.